The maximum atomic E-state index is 12.2. The van der Waals surface area contributed by atoms with Crippen molar-refractivity contribution in [3.63, 3.8) is 0 Å². The molecular weight excluding hydrogens is 234 g/mol. The first-order valence-corrected chi connectivity index (χ1v) is 6.51. The van der Waals surface area contributed by atoms with E-state index in [2.05, 4.69) is 0 Å². The van der Waals surface area contributed by atoms with Crippen molar-refractivity contribution >= 4 is 11.5 Å². The van der Waals surface area contributed by atoms with Crippen LogP contribution in [-0.4, -0.2) is 5.78 Å². The minimum Gasteiger partial charge on any atom is -0.399 e. The van der Waals surface area contributed by atoms with Crippen LogP contribution in [0.2, 0.25) is 0 Å². The summed E-state index contributed by atoms with van der Waals surface area (Å²) in [6, 6.07) is 13.7. The highest BCUT2D eigenvalue weighted by Gasteiger charge is 2.09. The summed E-state index contributed by atoms with van der Waals surface area (Å²) < 4.78 is 0. The van der Waals surface area contributed by atoms with Crippen molar-refractivity contribution in [1.82, 2.24) is 0 Å². The number of hydrogen-bond donors (Lipinski definition) is 1. The first kappa shape index (κ1) is 13.3. The number of nitrogens with two attached hydrogens (primary N) is 1. The van der Waals surface area contributed by atoms with E-state index in [4.69, 9.17) is 5.73 Å². The number of benzene rings is 2. The lowest BCUT2D eigenvalue weighted by Gasteiger charge is -2.06. The molecule has 0 amide bonds. The van der Waals surface area contributed by atoms with Gasteiger partial charge in [0.1, 0.15) is 0 Å². The number of Topliss-reactive ketones (excluding diaryl/α,β-unsaturated/α-hetero) is 1. The first-order valence-electron chi connectivity index (χ1n) is 6.51. The normalized spacial score (nSPS) is 10.4. The van der Waals surface area contributed by atoms with Crippen LogP contribution in [0.1, 0.15) is 33.5 Å². The van der Waals surface area contributed by atoms with Crippen molar-refractivity contribution in [3.8, 4) is 0 Å². The third-order valence-electron chi connectivity index (χ3n) is 3.31. The van der Waals surface area contributed by atoms with Gasteiger partial charge in [-0.3, -0.25) is 4.79 Å². The van der Waals surface area contributed by atoms with Crippen LogP contribution in [0, 0.1) is 13.8 Å². The Morgan fingerprint density at radius 3 is 2.42 bits per heavy atom. The van der Waals surface area contributed by atoms with Gasteiger partial charge >= 0.3 is 0 Å². The second-order valence-electron chi connectivity index (χ2n) is 4.98. The fourth-order valence-electron chi connectivity index (χ4n) is 2.11. The van der Waals surface area contributed by atoms with E-state index < -0.39 is 0 Å². The van der Waals surface area contributed by atoms with Gasteiger partial charge in [-0.15, -0.1) is 0 Å². The van der Waals surface area contributed by atoms with Crippen LogP contribution in [0.25, 0.3) is 0 Å². The Morgan fingerprint density at radius 2 is 1.74 bits per heavy atom. The molecule has 0 atom stereocenters. The molecule has 2 nitrogen and oxygen atoms in total. The molecule has 2 aromatic carbocycles. The first-order chi connectivity index (χ1) is 9.06. The second-order valence-corrected chi connectivity index (χ2v) is 4.98. The van der Waals surface area contributed by atoms with E-state index >= 15 is 0 Å². The van der Waals surface area contributed by atoms with E-state index in [1.165, 1.54) is 0 Å². The fraction of sp³-hybridized carbons (Fsp3) is 0.235. The Labute approximate surface area is 114 Å². The summed E-state index contributed by atoms with van der Waals surface area (Å²) in [6.07, 6.45) is 1.29. The van der Waals surface area contributed by atoms with Crippen LogP contribution < -0.4 is 5.73 Å². The van der Waals surface area contributed by atoms with Crippen molar-refractivity contribution in [2.45, 2.75) is 26.7 Å². The van der Waals surface area contributed by atoms with Crippen molar-refractivity contribution in [3.05, 3.63) is 64.7 Å². The number of hydrogen-bond acceptors (Lipinski definition) is 2. The zero-order valence-electron chi connectivity index (χ0n) is 11.4. The van der Waals surface area contributed by atoms with Crippen LogP contribution in [0.5, 0.6) is 0 Å². The molecular formula is C17H19NO. The summed E-state index contributed by atoms with van der Waals surface area (Å²) in [5.41, 5.74) is 10.6. The summed E-state index contributed by atoms with van der Waals surface area (Å²) in [5, 5.41) is 0. The molecule has 0 radical (unpaired) electrons. The third-order valence-corrected chi connectivity index (χ3v) is 3.31. The van der Waals surface area contributed by atoms with Crippen molar-refractivity contribution in [2.24, 2.45) is 0 Å². The number of rotatable bonds is 4. The molecule has 0 unspecified atom stereocenters. The van der Waals surface area contributed by atoms with Crippen molar-refractivity contribution < 1.29 is 4.79 Å². The van der Waals surface area contributed by atoms with Gasteiger partial charge in [0.15, 0.2) is 5.78 Å². The van der Waals surface area contributed by atoms with Crippen LogP contribution in [-0.2, 0) is 6.42 Å². The molecule has 2 N–H and O–H groups in total. The molecule has 2 rings (SSSR count). The molecule has 0 aromatic heterocycles. The van der Waals surface area contributed by atoms with E-state index in [1.807, 2.05) is 56.3 Å². The Balaban J connectivity index is 2.05. The number of ketones is 1. The molecule has 0 aliphatic rings. The predicted octanol–water partition coefficient (Wildman–Crippen LogP) is 3.70. The molecule has 0 aliphatic heterocycles. The van der Waals surface area contributed by atoms with Gasteiger partial charge in [-0.05, 0) is 49.6 Å². The quantitative estimate of drug-likeness (QED) is 0.667. The van der Waals surface area contributed by atoms with Gasteiger partial charge in [0.05, 0.1) is 0 Å². The molecule has 0 saturated carbocycles. The van der Waals surface area contributed by atoms with Crippen LogP contribution in [0.3, 0.4) is 0 Å². The standard InChI is InChI=1S/C17H19NO/c1-12-3-4-13(2)16(11-12)17(19)10-7-14-5-8-15(18)9-6-14/h3-6,8-9,11H,7,10,18H2,1-2H3. The van der Waals surface area contributed by atoms with Gasteiger partial charge in [0.2, 0.25) is 0 Å². The summed E-state index contributed by atoms with van der Waals surface area (Å²) in [5.74, 6) is 0.207. The number of aryl methyl sites for hydroxylation is 3. The average Bonchev–Trinajstić information content (AvgIpc) is 2.40. The highest BCUT2D eigenvalue weighted by molar-refractivity contribution is 5.97. The minimum atomic E-state index is 0.207. The second kappa shape index (κ2) is 5.70. The number of carbonyl (C=O) groups excluding carboxylic acids is 1. The summed E-state index contributed by atoms with van der Waals surface area (Å²) in [7, 11) is 0. The lowest BCUT2D eigenvalue weighted by molar-refractivity contribution is 0.0982. The van der Waals surface area contributed by atoms with Gasteiger partial charge in [0, 0.05) is 17.7 Å². The largest absolute Gasteiger partial charge is 0.399 e. The van der Waals surface area contributed by atoms with Crippen molar-refractivity contribution in [2.75, 3.05) is 5.73 Å². The van der Waals surface area contributed by atoms with Gasteiger partial charge in [0.25, 0.3) is 0 Å². The van der Waals surface area contributed by atoms with E-state index in [0.717, 1.165) is 34.4 Å². The van der Waals surface area contributed by atoms with Gasteiger partial charge in [-0.2, -0.15) is 0 Å². The lowest BCUT2D eigenvalue weighted by atomic mass is 9.97. The molecule has 0 bridgehead atoms. The van der Waals surface area contributed by atoms with Gasteiger partial charge < -0.3 is 5.73 Å². The Hall–Kier alpha value is -2.09. The predicted molar refractivity (Wildman–Crippen MR) is 79.4 cm³/mol. The number of carbonyl (C=O) groups is 1. The van der Waals surface area contributed by atoms with E-state index in [0.29, 0.717) is 6.42 Å². The van der Waals surface area contributed by atoms with Gasteiger partial charge in [-0.25, -0.2) is 0 Å². The third kappa shape index (κ3) is 3.44. The van der Waals surface area contributed by atoms with Gasteiger partial charge in [-0.1, -0.05) is 29.8 Å². The molecule has 0 spiro atoms. The molecule has 0 heterocycles. The molecule has 19 heavy (non-hydrogen) atoms. The van der Waals surface area contributed by atoms with Crippen LogP contribution in [0.15, 0.2) is 42.5 Å². The molecule has 2 aromatic rings. The highest BCUT2D eigenvalue weighted by Crippen LogP contribution is 2.15. The maximum Gasteiger partial charge on any atom is 0.163 e. The summed E-state index contributed by atoms with van der Waals surface area (Å²) in [4.78, 5) is 12.2. The Bertz CT molecular complexity index is 585. The fourth-order valence-corrected chi connectivity index (χ4v) is 2.11. The smallest absolute Gasteiger partial charge is 0.163 e. The average molecular weight is 253 g/mol. The SMILES string of the molecule is Cc1ccc(C)c(C(=O)CCc2ccc(N)cc2)c1. The minimum absolute atomic E-state index is 0.207. The number of nitrogen functional groups attached to an aromatic ring is 1. The zero-order chi connectivity index (χ0) is 13.8. The van der Waals surface area contributed by atoms with Crippen LogP contribution >= 0.6 is 0 Å². The number of anilines is 1. The molecule has 98 valence electrons. The summed E-state index contributed by atoms with van der Waals surface area (Å²) in [6.45, 7) is 3.99. The Kier molecular flexibility index (Phi) is 4.00. The molecule has 0 saturated heterocycles. The van der Waals surface area contributed by atoms with Crippen molar-refractivity contribution in [1.29, 1.82) is 0 Å². The molecule has 0 aliphatic carbocycles. The summed E-state index contributed by atoms with van der Waals surface area (Å²) >= 11 is 0. The maximum absolute atomic E-state index is 12.2. The lowest BCUT2D eigenvalue weighted by Crippen LogP contribution is -2.04. The highest BCUT2D eigenvalue weighted by atomic mass is 16.1. The Morgan fingerprint density at radius 1 is 1.05 bits per heavy atom. The molecule has 0 fully saturated rings. The van der Waals surface area contributed by atoms with Crippen LogP contribution in [0.4, 0.5) is 5.69 Å². The zero-order valence-corrected chi connectivity index (χ0v) is 11.4. The molecule has 2 heteroatoms. The van der Waals surface area contributed by atoms with E-state index in [1.54, 1.807) is 0 Å². The van der Waals surface area contributed by atoms with E-state index in [9.17, 15) is 4.79 Å². The van der Waals surface area contributed by atoms with E-state index in [-0.39, 0.29) is 5.78 Å². The topological polar surface area (TPSA) is 43.1 Å². The monoisotopic (exact) mass is 253 g/mol.